The van der Waals surface area contributed by atoms with Crippen molar-refractivity contribution in [1.29, 1.82) is 0 Å². The second kappa shape index (κ2) is 8.06. The van der Waals surface area contributed by atoms with Gasteiger partial charge in [0.05, 0.1) is 13.2 Å². The summed E-state index contributed by atoms with van der Waals surface area (Å²) in [7, 11) is 0. The Balaban J connectivity index is 1.57. The molecule has 0 aliphatic carbocycles. The fourth-order valence-electron chi connectivity index (χ4n) is 3.53. The molecule has 2 aliphatic heterocycles. The van der Waals surface area contributed by atoms with Crippen molar-refractivity contribution in [3.63, 3.8) is 0 Å². The van der Waals surface area contributed by atoms with Gasteiger partial charge in [0.15, 0.2) is 0 Å². The van der Waals surface area contributed by atoms with E-state index in [1.165, 1.54) is 0 Å². The van der Waals surface area contributed by atoms with Crippen LogP contribution in [-0.2, 0) is 14.3 Å². The number of ether oxygens (including phenoxy) is 1. The van der Waals surface area contributed by atoms with Crippen molar-refractivity contribution in [3.8, 4) is 0 Å². The Kier molecular flexibility index (Phi) is 5.99. The third-order valence-corrected chi connectivity index (χ3v) is 5.70. The Hall–Kier alpha value is -1.44. The van der Waals surface area contributed by atoms with Crippen molar-refractivity contribution < 1.29 is 14.3 Å². The average molecular weight is 424 g/mol. The molecule has 0 radical (unpaired) electrons. The van der Waals surface area contributed by atoms with Crippen molar-refractivity contribution in [2.75, 3.05) is 44.3 Å². The molecule has 0 saturated carbocycles. The topological polar surface area (TPSA) is 61.9 Å². The molecule has 2 saturated heterocycles. The first kappa shape index (κ1) is 19.3. The van der Waals surface area contributed by atoms with E-state index < -0.39 is 5.92 Å². The summed E-state index contributed by atoms with van der Waals surface area (Å²) in [5.41, 5.74) is 0.666. The Labute approximate surface area is 163 Å². The van der Waals surface area contributed by atoms with Gasteiger partial charge < -0.3 is 15.0 Å². The van der Waals surface area contributed by atoms with Gasteiger partial charge in [0.25, 0.3) is 0 Å². The van der Waals surface area contributed by atoms with Crippen LogP contribution in [0.25, 0.3) is 0 Å². The third-order valence-electron chi connectivity index (χ3n) is 5.20. The number of nitrogens with zero attached hydrogens (tertiary/aromatic N) is 2. The lowest BCUT2D eigenvalue weighted by atomic mass is 10.0. The minimum atomic E-state index is -0.602. The van der Waals surface area contributed by atoms with E-state index in [2.05, 4.69) is 40.0 Å². The largest absolute Gasteiger partial charge is 0.379 e. The number of hydrogen-bond acceptors (Lipinski definition) is 4. The molecule has 3 rings (SSSR count). The van der Waals surface area contributed by atoms with Gasteiger partial charge in [-0.2, -0.15) is 0 Å². The highest BCUT2D eigenvalue weighted by molar-refractivity contribution is 9.10. The molecule has 0 aromatic heterocycles. The van der Waals surface area contributed by atoms with Crippen LogP contribution in [-0.4, -0.2) is 61.6 Å². The second-order valence-electron chi connectivity index (χ2n) is 7.44. The number of rotatable bonds is 5. The van der Waals surface area contributed by atoms with Gasteiger partial charge in [0, 0.05) is 41.9 Å². The third kappa shape index (κ3) is 4.27. The maximum atomic E-state index is 12.7. The van der Waals surface area contributed by atoms with Crippen LogP contribution in [0.4, 0.5) is 5.69 Å². The Morgan fingerprint density at radius 1 is 1.31 bits per heavy atom. The van der Waals surface area contributed by atoms with E-state index in [0.29, 0.717) is 19.5 Å². The monoisotopic (exact) mass is 423 g/mol. The number of carbonyl (C=O) groups is 2. The highest BCUT2D eigenvalue weighted by Gasteiger charge is 2.38. The number of morpholine rings is 1. The summed E-state index contributed by atoms with van der Waals surface area (Å²) in [5, 5.41) is 3.00. The van der Waals surface area contributed by atoms with E-state index in [9.17, 15) is 9.59 Å². The molecule has 2 fully saturated rings. The molecule has 26 heavy (non-hydrogen) atoms. The summed E-state index contributed by atoms with van der Waals surface area (Å²) in [6.07, 6.45) is 0.551. The first-order valence-electron chi connectivity index (χ1n) is 9.06. The second-order valence-corrected chi connectivity index (χ2v) is 8.36. The van der Waals surface area contributed by atoms with Gasteiger partial charge in [-0.15, -0.1) is 0 Å². The molecule has 142 valence electrons. The van der Waals surface area contributed by atoms with Crippen LogP contribution in [0.5, 0.6) is 0 Å². The molecule has 0 spiro atoms. The molecular formula is C19H26BrN3O3. The highest BCUT2D eigenvalue weighted by atomic mass is 79.9. The van der Waals surface area contributed by atoms with Crippen LogP contribution in [0, 0.1) is 5.92 Å². The minimum Gasteiger partial charge on any atom is -0.379 e. The van der Waals surface area contributed by atoms with Crippen LogP contribution >= 0.6 is 15.9 Å². The van der Waals surface area contributed by atoms with Crippen LogP contribution in [0.1, 0.15) is 20.3 Å². The number of anilines is 1. The van der Waals surface area contributed by atoms with Crippen molar-refractivity contribution in [1.82, 2.24) is 10.2 Å². The van der Waals surface area contributed by atoms with Crippen LogP contribution in [0.15, 0.2) is 28.7 Å². The summed E-state index contributed by atoms with van der Waals surface area (Å²) >= 11 is 3.43. The van der Waals surface area contributed by atoms with Crippen molar-refractivity contribution in [3.05, 3.63) is 28.7 Å². The van der Waals surface area contributed by atoms with Gasteiger partial charge in [-0.1, -0.05) is 22.0 Å². The van der Waals surface area contributed by atoms with E-state index in [-0.39, 0.29) is 17.4 Å². The molecule has 6 nitrogen and oxygen atoms in total. The first-order valence-corrected chi connectivity index (χ1v) is 9.85. The zero-order valence-electron chi connectivity index (χ0n) is 15.3. The lowest BCUT2D eigenvalue weighted by molar-refractivity contribution is -0.132. The Morgan fingerprint density at radius 3 is 2.73 bits per heavy atom. The predicted octanol–water partition coefficient (Wildman–Crippen LogP) is 2.03. The number of benzene rings is 1. The summed E-state index contributed by atoms with van der Waals surface area (Å²) in [4.78, 5) is 29.3. The average Bonchev–Trinajstić information content (AvgIpc) is 3.02. The van der Waals surface area contributed by atoms with Gasteiger partial charge in [0.1, 0.15) is 5.92 Å². The van der Waals surface area contributed by atoms with Crippen molar-refractivity contribution in [2.24, 2.45) is 5.92 Å². The zero-order valence-corrected chi connectivity index (χ0v) is 16.9. The molecule has 1 N–H and O–H groups in total. The van der Waals surface area contributed by atoms with Crippen LogP contribution < -0.4 is 10.2 Å². The zero-order chi connectivity index (χ0) is 18.7. The molecule has 1 aromatic rings. The number of nitrogens with one attached hydrogen (secondary N) is 1. The molecule has 0 bridgehead atoms. The van der Waals surface area contributed by atoms with E-state index >= 15 is 0 Å². The molecule has 2 aliphatic rings. The van der Waals surface area contributed by atoms with Crippen LogP contribution in [0.3, 0.4) is 0 Å². The summed E-state index contributed by atoms with van der Waals surface area (Å²) in [6.45, 7) is 8.49. The molecule has 7 heteroatoms. The molecule has 2 heterocycles. The fourth-order valence-corrected chi connectivity index (χ4v) is 3.92. The number of halogens is 1. The summed E-state index contributed by atoms with van der Waals surface area (Å²) in [6, 6.07) is 7.61. The summed E-state index contributed by atoms with van der Waals surface area (Å²) < 4.78 is 6.31. The van der Waals surface area contributed by atoms with E-state index in [0.717, 1.165) is 36.5 Å². The number of carbonyl (C=O) groups excluding carboxylic acids is 2. The lowest BCUT2D eigenvalue weighted by Gasteiger charge is -2.41. The molecule has 2 amide bonds. The lowest BCUT2D eigenvalue weighted by Crippen LogP contribution is -2.56. The fraction of sp³-hybridized carbons (Fsp3) is 0.579. The van der Waals surface area contributed by atoms with Gasteiger partial charge in [0.2, 0.25) is 11.8 Å². The van der Waals surface area contributed by atoms with Gasteiger partial charge in [-0.3, -0.25) is 14.5 Å². The molecular weight excluding hydrogens is 398 g/mol. The molecule has 1 aromatic carbocycles. The Bertz CT molecular complexity index is 674. The number of hydrogen-bond donors (Lipinski definition) is 1. The predicted molar refractivity (Wildman–Crippen MR) is 104 cm³/mol. The van der Waals surface area contributed by atoms with Crippen molar-refractivity contribution >= 4 is 33.4 Å². The van der Waals surface area contributed by atoms with Gasteiger partial charge in [-0.05, 0) is 38.5 Å². The number of amides is 2. The SMILES string of the molecule is CC(C)(CNC(=O)C1CCN(c2cccc(Br)c2)C1=O)N1CCOCC1. The maximum absolute atomic E-state index is 12.7. The molecule has 1 atom stereocenters. The molecule has 1 unspecified atom stereocenters. The van der Waals surface area contributed by atoms with E-state index in [1.807, 2.05) is 24.3 Å². The van der Waals surface area contributed by atoms with Gasteiger partial charge >= 0.3 is 0 Å². The van der Waals surface area contributed by atoms with E-state index in [4.69, 9.17) is 4.74 Å². The minimum absolute atomic E-state index is 0.121. The highest BCUT2D eigenvalue weighted by Crippen LogP contribution is 2.27. The standard InChI is InChI=1S/C19H26BrN3O3/c1-19(2,22-8-10-26-11-9-22)13-21-17(24)16-6-7-23(18(16)25)15-5-3-4-14(20)12-15/h3-5,12,16H,6-11,13H2,1-2H3,(H,21,24). The first-order chi connectivity index (χ1) is 12.4. The normalized spacial score (nSPS) is 21.9. The van der Waals surface area contributed by atoms with Crippen LogP contribution in [0.2, 0.25) is 0 Å². The van der Waals surface area contributed by atoms with Gasteiger partial charge in [-0.25, -0.2) is 0 Å². The maximum Gasteiger partial charge on any atom is 0.239 e. The smallest absolute Gasteiger partial charge is 0.239 e. The van der Waals surface area contributed by atoms with E-state index in [1.54, 1.807) is 4.90 Å². The Morgan fingerprint density at radius 2 is 2.04 bits per heavy atom. The van der Waals surface area contributed by atoms with Crippen molar-refractivity contribution in [2.45, 2.75) is 25.8 Å². The quantitative estimate of drug-likeness (QED) is 0.735. The summed E-state index contributed by atoms with van der Waals surface area (Å²) in [5.74, 6) is -0.895.